The highest BCUT2D eigenvalue weighted by atomic mass is 32.2. The van der Waals surface area contributed by atoms with Crippen molar-refractivity contribution in [2.24, 2.45) is 0 Å². The number of hydrogen-bond acceptors (Lipinski definition) is 4. The number of likely N-dealkylation sites (N-methyl/N-ethyl adjacent to an activating group) is 1. The van der Waals surface area contributed by atoms with Crippen LogP contribution in [0.4, 0.5) is 11.4 Å². The summed E-state index contributed by atoms with van der Waals surface area (Å²) in [5.74, 6) is 0. The number of para-hydroxylation sites is 2. The molecule has 0 saturated heterocycles. The van der Waals surface area contributed by atoms with Gasteiger partial charge in [0.1, 0.15) is 0 Å². The fourth-order valence-electron chi connectivity index (χ4n) is 2.58. The van der Waals surface area contributed by atoms with Crippen LogP contribution in [-0.4, -0.2) is 43.3 Å². The van der Waals surface area contributed by atoms with Crippen molar-refractivity contribution >= 4 is 23.1 Å². The zero-order chi connectivity index (χ0) is 14.7. The van der Waals surface area contributed by atoms with Gasteiger partial charge >= 0.3 is 0 Å². The van der Waals surface area contributed by atoms with Gasteiger partial charge in [-0.05, 0) is 31.3 Å². The van der Waals surface area contributed by atoms with E-state index < -0.39 is 0 Å². The Kier molecular flexibility index (Phi) is 4.48. The lowest BCUT2D eigenvalue weighted by Crippen LogP contribution is -2.33. The molecule has 3 rings (SSSR count). The van der Waals surface area contributed by atoms with E-state index in [1.807, 2.05) is 18.8 Å². The maximum Gasteiger partial charge on any atom is 0.0558 e. The highest BCUT2D eigenvalue weighted by molar-refractivity contribution is 7.99. The summed E-state index contributed by atoms with van der Waals surface area (Å²) < 4.78 is 0. The van der Waals surface area contributed by atoms with E-state index in [-0.39, 0.29) is 6.61 Å². The molecule has 0 fully saturated rings. The number of benzene rings is 2. The summed E-state index contributed by atoms with van der Waals surface area (Å²) >= 11 is 1.84. The van der Waals surface area contributed by atoms with Crippen LogP contribution >= 0.6 is 11.8 Å². The van der Waals surface area contributed by atoms with Gasteiger partial charge < -0.3 is 14.9 Å². The smallest absolute Gasteiger partial charge is 0.0558 e. The third-order valence-corrected chi connectivity index (χ3v) is 4.85. The Labute approximate surface area is 130 Å². The minimum atomic E-state index is 0.208. The maximum atomic E-state index is 9.03. The van der Waals surface area contributed by atoms with E-state index in [9.17, 15) is 0 Å². The molecule has 110 valence electrons. The lowest BCUT2D eigenvalue weighted by atomic mass is 10.2. The van der Waals surface area contributed by atoms with Crippen LogP contribution in [0.2, 0.25) is 0 Å². The van der Waals surface area contributed by atoms with Crippen molar-refractivity contribution in [3.8, 4) is 0 Å². The molecule has 1 heterocycles. The van der Waals surface area contributed by atoms with Crippen LogP contribution in [0.15, 0.2) is 58.3 Å². The fraction of sp³-hybridized carbons (Fsp3) is 0.294. The van der Waals surface area contributed by atoms with Gasteiger partial charge in [0.25, 0.3) is 0 Å². The van der Waals surface area contributed by atoms with Gasteiger partial charge in [-0.15, -0.1) is 0 Å². The van der Waals surface area contributed by atoms with Crippen molar-refractivity contribution in [1.82, 2.24) is 4.90 Å². The van der Waals surface area contributed by atoms with Crippen LogP contribution in [0.25, 0.3) is 0 Å². The predicted octanol–water partition coefficient (Wildman–Crippen LogP) is 3.21. The molecule has 0 amide bonds. The third kappa shape index (κ3) is 3.07. The highest BCUT2D eigenvalue weighted by Gasteiger charge is 2.22. The van der Waals surface area contributed by atoms with Gasteiger partial charge in [-0.3, -0.25) is 0 Å². The Hall–Kier alpha value is -1.49. The second-order valence-electron chi connectivity index (χ2n) is 5.22. The van der Waals surface area contributed by atoms with Crippen molar-refractivity contribution in [1.29, 1.82) is 0 Å². The number of anilines is 2. The Morgan fingerprint density at radius 3 is 2.10 bits per heavy atom. The van der Waals surface area contributed by atoms with Crippen LogP contribution in [0, 0.1) is 0 Å². The minimum Gasteiger partial charge on any atom is -0.395 e. The summed E-state index contributed by atoms with van der Waals surface area (Å²) in [7, 11) is 2.05. The van der Waals surface area contributed by atoms with Crippen molar-refractivity contribution < 1.29 is 5.11 Å². The van der Waals surface area contributed by atoms with Crippen molar-refractivity contribution in [2.45, 2.75) is 9.79 Å². The molecule has 0 aliphatic carbocycles. The number of fused-ring (bicyclic) bond motifs is 2. The Balaban J connectivity index is 1.88. The van der Waals surface area contributed by atoms with E-state index >= 15 is 0 Å². The molecular weight excluding hydrogens is 280 g/mol. The van der Waals surface area contributed by atoms with Crippen molar-refractivity contribution in [3.05, 3.63) is 48.5 Å². The molecule has 1 aliphatic heterocycles. The van der Waals surface area contributed by atoms with Gasteiger partial charge in [-0.2, -0.15) is 0 Å². The monoisotopic (exact) mass is 300 g/mol. The highest BCUT2D eigenvalue weighted by Crippen LogP contribution is 2.47. The third-order valence-electron chi connectivity index (χ3n) is 3.72. The molecule has 0 unspecified atom stereocenters. The molecule has 0 saturated carbocycles. The van der Waals surface area contributed by atoms with Gasteiger partial charge in [0.2, 0.25) is 0 Å². The first-order chi connectivity index (χ1) is 10.3. The Bertz CT molecular complexity index is 572. The fourth-order valence-corrected chi connectivity index (χ4v) is 3.67. The summed E-state index contributed by atoms with van der Waals surface area (Å²) in [5, 5.41) is 9.03. The average molecular weight is 300 g/mol. The number of nitrogens with zero attached hydrogens (tertiary/aromatic N) is 2. The lowest BCUT2D eigenvalue weighted by molar-refractivity contribution is 0.224. The molecule has 21 heavy (non-hydrogen) atoms. The van der Waals surface area contributed by atoms with E-state index in [1.165, 1.54) is 21.2 Å². The molecule has 1 N–H and O–H groups in total. The van der Waals surface area contributed by atoms with E-state index in [2.05, 4.69) is 58.3 Å². The maximum absolute atomic E-state index is 9.03. The molecule has 0 radical (unpaired) electrons. The quantitative estimate of drug-likeness (QED) is 0.917. The summed E-state index contributed by atoms with van der Waals surface area (Å²) in [6.45, 7) is 2.77. The number of aliphatic hydroxyl groups excluding tert-OH is 1. The standard InChI is InChI=1S/C17H20N2OS/c1-18(12-13-20)10-11-19-14-6-2-4-8-16(14)21-17-9-5-3-7-15(17)19/h2-9,20H,10-13H2,1H3. The molecule has 0 atom stereocenters. The summed E-state index contributed by atoms with van der Waals surface area (Å²) in [6.07, 6.45) is 0. The first-order valence-corrected chi connectivity index (χ1v) is 8.04. The summed E-state index contributed by atoms with van der Waals surface area (Å²) in [5.41, 5.74) is 2.55. The summed E-state index contributed by atoms with van der Waals surface area (Å²) in [4.78, 5) is 7.16. The van der Waals surface area contributed by atoms with Crippen LogP contribution < -0.4 is 4.90 Å². The molecule has 0 bridgehead atoms. The Morgan fingerprint density at radius 2 is 1.52 bits per heavy atom. The molecule has 0 spiro atoms. The van der Waals surface area contributed by atoms with Crippen LogP contribution in [-0.2, 0) is 0 Å². The molecule has 4 heteroatoms. The first kappa shape index (κ1) is 14.4. The molecule has 2 aromatic rings. The largest absolute Gasteiger partial charge is 0.395 e. The van der Waals surface area contributed by atoms with Crippen molar-refractivity contribution in [2.75, 3.05) is 38.2 Å². The number of aliphatic hydroxyl groups is 1. The molecular formula is C17H20N2OS. The van der Waals surface area contributed by atoms with Gasteiger partial charge in [0.15, 0.2) is 0 Å². The normalized spacial score (nSPS) is 13.2. The van der Waals surface area contributed by atoms with Crippen LogP contribution in [0.3, 0.4) is 0 Å². The van der Waals surface area contributed by atoms with E-state index in [0.29, 0.717) is 6.54 Å². The SMILES string of the molecule is CN(CCO)CCN1c2ccccc2Sc2ccccc21. The molecule has 1 aliphatic rings. The summed E-state index contributed by atoms with van der Waals surface area (Å²) in [6, 6.07) is 17.1. The van der Waals surface area contributed by atoms with Crippen LogP contribution in [0.5, 0.6) is 0 Å². The number of hydrogen-bond donors (Lipinski definition) is 1. The molecule has 3 nitrogen and oxygen atoms in total. The zero-order valence-electron chi connectivity index (χ0n) is 12.2. The van der Waals surface area contributed by atoms with E-state index in [1.54, 1.807) is 0 Å². The van der Waals surface area contributed by atoms with Gasteiger partial charge in [-0.1, -0.05) is 36.0 Å². The van der Waals surface area contributed by atoms with Gasteiger partial charge in [0.05, 0.1) is 18.0 Å². The second kappa shape index (κ2) is 6.52. The second-order valence-corrected chi connectivity index (χ2v) is 6.30. The number of rotatable bonds is 5. The topological polar surface area (TPSA) is 26.7 Å². The van der Waals surface area contributed by atoms with Crippen molar-refractivity contribution in [3.63, 3.8) is 0 Å². The average Bonchev–Trinajstić information content (AvgIpc) is 2.51. The van der Waals surface area contributed by atoms with Gasteiger partial charge in [0, 0.05) is 29.4 Å². The predicted molar refractivity (Wildman–Crippen MR) is 88.6 cm³/mol. The van der Waals surface area contributed by atoms with E-state index in [4.69, 9.17) is 5.11 Å². The molecule has 0 aromatic heterocycles. The van der Waals surface area contributed by atoms with Crippen LogP contribution in [0.1, 0.15) is 0 Å². The van der Waals surface area contributed by atoms with Gasteiger partial charge in [-0.25, -0.2) is 0 Å². The van der Waals surface area contributed by atoms with E-state index in [0.717, 1.165) is 13.1 Å². The Morgan fingerprint density at radius 1 is 0.952 bits per heavy atom. The first-order valence-electron chi connectivity index (χ1n) is 7.22. The minimum absolute atomic E-state index is 0.208. The molecule has 2 aromatic carbocycles. The zero-order valence-corrected chi connectivity index (χ0v) is 13.0. The lowest BCUT2D eigenvalue weighted by Gasteiger charge is -2.33.